The van der Waals surface area contributed by atoms with E-state index in [4.69, 9.17) is 0 Å². The third-order valence-electron chi connectivity index (χ3n) is 3.85. The van der Waals surface area contributed by atoms with Gasteiger partial charge in [0.15, 0.2) is 0 Å². The summed E-state index contributed by atoms with van der Waals surface area (Å²) in [6.07, 6.45) is 6.69. The molecule has 0 aromatic rings. The molecule has 3 heteroatoms. The van der Waals surface area contributed by atoms with Crippen LogP contribution in [0.5, 0.6) is 0 Å². The van der Waals surface area contributed by atoms with E-state index in [1.807, 2.05) is 0 Å². The van der Waals surface area contributed by atoms with Crippen molar-refractivity contribution in [3.05, 3.63) is 0 Å². The highest BCUT2D eigenvalue weighted by Gasteiger charge is 2.19. The Hall–Kier alpha value is -0.120. The summed E-state index contributed by atoms with van der Waals surface area (Å²) in [5.41, 5.74) is 0. The summed E-state index contributed by atoms with van der Waals surface area (Å²) in [5, 5.41) is 3.55. The van der Waals surface area contributed by atoms with Crippen molar-refractivity contribution in [2.24, 2.45) is 0 Å². The fraction of sp³-hybridized carbons (Fsp3) is 1.00. The quantitative estimate of drug-likeness (QED) is 0.654. The van der Waals surface area contributed by atoms with E-state index in [1.165, 1.54) is 58.3 Å². The second-order valence-electron chi connectivity index (χ2n) is 5.49. The Kier molecular flexibility index (Phi) is 7.82. The van der Waals surface area contributed by atoms with Crippen LogP contribution < -0.4 is 5.32 Å². The smallest absolute Gasteiger partial charge is 0.0113 e. The predicted octanol–water partition coefficient (Wildman–Crippen LogP) is 1.79. The van der Waals surface area contributed by atoms with Crippen molar-refractivity contribution < 1.29 is 0 Å². The number of piperidine rings is 1. The van der Waals surface area contributed by atoms with E-state index < -0.39 is 0 Å². The second-order valence-corrected chi connectivity index (χ2v) is 5.49. The molecule has 1 aliphatic rings. The van der Waals surface area contributed by atoms with Crippen LogP contribution >= 0.6 is 0 Å². The van der Waals surface area contributed by atoms with Gasteiger partial charge in [-0.05, 0) is 53.0 Å². The molecule has 17 heavy (non-hydrogen) atoms. The molecule has 0 saturated carbocycles. The average Bonchev–Trinajstić information content (AvgIpc) is 2.34. The molecule has 102 valence electrons. The lowest BCUT2D eigenvalue weighted by Gasteiger charge is -2.35. The summed E-state index contributed by atoms with van der Waals surface area (Å²) in [6, 6.07) is 0.809. The van der Waals surface area contributed by atoms with Gasteiger partial charge in [0, 0.05) is 19.1 Å². The molecular weight excluding hydrogens is 210 g/mol. The molecule has 0 spiro atoms. The monoisotopic (exact) mass is 241 g/mol. The first-order valence-electron chi connectivity index (χ1n) is 7.33. The maximum Gasteiger partial charge on any atom is 0.0113 e. The van der Waals surface area contributed by atoms with Gasteiger partial charge < -0.3 is 15.1 Å². The molecule has 0 unspecified atom stereocenters. The third kappa shape index (κ3) is 6.39. The zero-order chi connectivity index (χ0) is 12.5. The number of hydrogen-bond donors (Lipinski definition) is 1. The zero-order valence-electron chi connectivity index (χ0n) is 12.0. The van der Waals surface area contributed by atoms with E-state index in [1.54, 1.807) is 0 Å². The molecular formula is C14H31N3. The first-order chi connectivity index (χ1) is 8.24. The molecule has 0 atom stereocenters. The van der Waals surface area contributed by atoms with Gasteiger partial charge in [-0.15, -0.1) is 0 Å². The molecule has 1 saturated heterocycles. The molecule has 0 aromatic heterocycles. The largest absolute Gasteiger partial charge is 0.315 e. The van der Waals surface area contributed by atoms with Gasteiger partial charge in [0.05, 0.1) is 0 Å². The van der Waals surface area contributed by atoms with Crippen LogP contribution in [-0.4, -0.2) is 62.7 Å². The van der Waals surface area contributed by atoms with E-state index in [-0.39, 0.29) is 0 Å². The Labute approximate surface area is 108 Å². The van der Waals surface area contributed by atoms with Gasteiger partial charge in [-0.25, -0.2) is 0 Å². The molecule has 0 aromatic carbocycles. The highest BCUT2D eigenvalue weighted by molar-refractivity contribution is 4.77. The topological polar surface area (TPSA) is 18.5 Å². The maximum atomic E-state index is 3.55. The van der Waals surface area contributed by atoms with E-state index in [2.05, 4.69) is 36.1 Å². The molecule has 0 aliphatic carbocycles. The van der Waals surface area contributed by atoms with Crippen molar-refractivity contribution in [1.29, 1.82) is 0 Å². The minimum Gasteiger partial charge on any atom is -0.315 e. The van der Waals surface area contributed by atoms with E-state index in [0.29, 0.717) is 0 Å². The van der Waals surface area contributed by atoms with Crippen molar-refractivity contribution in [2.75, 3.05) is 46.8 Å². The zero-order valence-corrected chi connectivity index (χ0v) is 12.0. The van der Waals surface area contributed by atoms with Crippen molar-refractivity contribution in [2.45, 2.75) is 45.1 Å². The van der Waals surface area contributed by atoms with Gasteiger partial charge in [-0.2, -0.15) is 0 Å². The normalized spacial score (nSPS) is 19.1. The maximum absolute atomic E-state index is 3.55. The van der Waals surface area contributed by atoms with Crippen molar-refractivity contribution in [3.8, 4) is 0 Å². The van der Waals surface area contributed by atoms with E-state index in [9.17, 15) is 0 Å². The van der Waals surface area contributed by atoms with Gasteiger partial charge in [0.25, 0.3) is 0 Å². The summed E-state index contributed by atoms with van der Waals surface area (Å²) >= 11 is 0. The standard InChI is InChI=1S/C14H31N3/c1-4-5-6-9-15-10-13-17-11-7-14(8-12-17)16(2)3/h14-15H,4-13H2,1-3H3. The Bertz CT molecular complexity index is 174. The third-order valence-corrected chi connectivity index (χ3v) is 3.85. The lowest BCUT2D eigenvalue weighted by Crippen LogP contribution is -2.44. The van der Waals surface area contributed by atoms with Crippen molar-refractivity contribution in [1.82, 2.24) is 15.1 Å². The Morgan fingerprint density at radius 2 is 1.82 bits per heavy atom. The summed E-state index contributed by atoms with van der Waals surface area (Å²) in [4.78, 5) is 4.98. The van der Waals surface area contributed by atoms with Crippen LogP contribution in [0, 0.1) is 0 Å². The molecule has 1 rings (SSSR count). The number of rotatable bonds is 8. The highest BCUT2D eigenvalue weighted by atomic mass is 15.2. The number of nitrogens with zero attached hydrogens (tertiary/aromatic N) is 2. The van der Waals surface area contributed by atoms with E-state index >= 15 is 0 Å². The molecule has 1 N–H and O–H groups in total. The summed E-state index contributed by atoms with van der Waals surface area (Å²) in [5.74, 6) is 0. The van der Waals surface area contributed by atoms with Crippen LogP contribution in [-0.2, 0) is 0 Å². The summed E-state index contributed by atoms with van der Waals surface area (Å²) in [6.45, 7) is 8.40. The Morgan fingerprint density at radius 3 is 2.41 bits per heavy atom. The van der Waals surface area contributed by atoms with Crippen LogP contribution in [0.25, 0.3) is 0 Å². The van der Waals surface area contributed by atoms with Gasteiger partial charge >= 0.3 is 0 Å². The lowest BCUT2D eigenvalue weighted by atomic mass is 10.0. The highest BCUT2D eigenvalue weighted by Crippen LogP contribution is 2.13. The molecule has 1 fully saturated rings. The first kappa shape index (κ1) is 14.9. The summed E-state index contributed by atoms with van der Waals surface area (Å²) in [7, 11) is 4.41. The van der Waals surface area contributed by atoms with Gasteiger partial charge in [-0.3, -0.25) is 0 Å². The fourth-order valence-electron chi connectivity index (χ4n) is 2.52. The molecule has 1 aliphatic heterocycles. The van der Waals surface area contributed by atoms with Crippen LogP contribution in [0.2, 0.25) is 0 Å². The Balaban J connectivity index is 1.95. The van der Waals surface area contributed by atoms with Crippen molar-refractivity contribution >= 4 is 0 Å². The van der Waals surface area contributed by atoms with Gasteiger partial charge in [0.2, 0.25) is 0 Å². The van der Waals surface area contributed by atoms with Crippen LogP contribution in [0.15, 0.2) is 0 Å². The number of hydrogen-bond acceptors (Lipinski definition) is 3. The minimum absolute atomic E-state index is 0.809. The van der Waals surface area contributed by atoms with E-state index in [0.717, 1.165) is 12.6 Å². The predicted molar refractivity (Wildman–Crippen MR) is 75.5 cm³/mol. The van der Waals surface area contributed by atoms with Gasteiger partial charge in [-0.1, -0.05) is 19.8 Å². The molecule has 0 amide bonds. The van der Waals surface area contributed by atoms with Crippen molar-refractivity contribution in [3.63, 3.8) is 0 Å². The second kappa shape index (κ2) is 8.90. The molecule has 0 bridgehead atoms. The first-order valence-corrected chi connectivity index (χ1v) is 7.33. The molecule has 1 heterocycles. The lowest BCUT2D eigenvalue weighted by molar-refractivity contribution is 0.145. The minimum atomic E-state index is 0.809. The number of nitrogens with one attached hydrogen (secondary N) is 1. The van der Waals surface area contributed by atoms with Gasteiger partial charge in [0.1, 0.15) is 0 Å². The molecule has 0 radical (unpaired) electrons. The van der Waals surface area contributed by atoms with Crippen LogP contribution in [0.3, 0.4) is 0 Å². The SMILES string of the molecule is CCCCCNCCN1CCC(N(C)C)CC1. The Morgan fingerprint density at radius 1 is 1.12 bits per heavy atom. The summed E-state index contributed by atoms with van der Waals surface area (Å²) < 4.78 is 0. The fourth-order valence-corrected chi connectivity index (χ4v) is 2.52. The average molecular weight is 241 g/mol. The van der Waals surface area contributed by atoms with Crippen LogP contribution in [0.4, 0.5) is 0 Å². The number of unbranched alkanes of at least 4 members (excludes halogenated alkanes) is 2. The molecule has 3 nitrogen and oxygen atoms in total. The number of likely N-dealkylation sites (tertiary alicyclic amines) is 1. The van der Waals surface area contributed by atoms with Crippen LogP contribution in [0.1, 0.15) is 39.0 Å².